The van der Waals surface area contributed by atoms with Crippen LogP contribution in [0.3, 0.4) is 0 Å². The second-order valence-corrected chi connectivity index (χ2v) is 5.14. The minimum Gasteiger partial charge on any atom is -0.481 e. The molecule has 1 aliphatic carbocycles. The van der Waals surface area contributed by atoms with Crippen molar-refractivity contribution in [2.45, 2.75) is 18.9 Å². The molecule has 18 heavy (non-hydrogen) atoms. The number of amides is 1. The largest absolute Gasteiger partial charge is 0.481 e. The molecular weight excluding hydrogens is 277 g/mol. The average Bonchev–Trinajstić information content (AvgIpc) is 2.25. The summed E-state index contributed by atoms with van der Waals surface area (Å²) >= 11 is 11.7. The van der Waals surface area contributed by atoms with Crippen LogP contribution in [0.4, 0.5) is 0 Å². The Morgan fingerprint density at radius 1 is 1.28 bits per heavy atom. The molecule has 1 aliphatic rings. The summed E-state index contributed by atoms with van der Waals surface area (Å²) in [4.78, 5) is 22.5. The number of carboxylic acids is 1. The van der Waals surface area contributed by atoms with Crippen LogP contribution in [0.2, 0.25) is 10.0 Å². The fourth-order valence-electron chi connectivity index (χ4n) is 1.87. The Morgan fingerprint density at radius 2 is 1.94 bits per heavy atom. The van der Waals surface area contributed by atoms with Gasteiger partial charge in [-0.25, -0.2) is 0 Å². The van der Waals surface area contributed by atoms with Crippen molar-refractivity contribution in [2.24, 2.45) is 5.92 Å². The van der Waals surface area contributed by atoms with E-state index in [4.69, 9.17) is 28.3 Å². The summed E-state index contributed by atoms with van der Waals surface area (Å²) in [6.45, 7) is 0. The number of nitrogens with one attached hydrogen (secondary N) is 1. The van der Waals surface area contributed by atoms with Gasteiger partial charge in [0.2, 0.25) is 0 Å². The molecule has 2 rings (SSSR count). The first kappa shape index (κ1) is 13.2. The van der Waals surface area contributed by atoms with E-state index in [0.717, 1.165) is 0 Å². The Bertz CT molecular complexity index is 498. The van der Waals surface area contributed by atoms with Crippen LogP contribution in [0, 0.1) is 5.92 Å². The van der Waals surface area contributed by atoms with Crippen molar-refractivity contribution < 1.29 is 14.7 Å². The van der Waals surface area contributed by atoms with Crippen LogP contribution in [0.1, 0.15) is 23.2 Å². The van der Waals surface area contributed by atoms with Gasteiger partial charge in [0, 0.05) is 11.1 Å². The highest BCUT2D eigenvalue weighted by atomic mass is 35.5. The molecule has 1 aromatic carbocycles. The van der Waals surface area contributed by atoms with Crippen LogP contribution >= 0.6 is 23.2 Å². The zero-order chi connectivity index (χ0) is 13.3. The SMILES string of the molecule is O=C(NC1CC(C(=O)O)C1)c1cc(Cl)ccc1Cl. The van der Waals surface area contributed by atoms with Gasteiger partial charge < -0.3 is 10.4 Å². The van der Waals surface area contributed by atoms with Crippen molar-refractivity contribution in [2.75, 3.05) is 0 Å². The Morgan fingerprint density at radius 3 is 2.56 bits per heavy atom. The van der Waals surface area contributed by atoms with E-state index in [9.17, 15) is 9.59 Å². The minimum atomic E-state index is -0.818. The summed E-state index contributed by atoms with van der Waals surface area (Å²) in [7, 11) is 0. The standard InChI is InChI=1S/C12H11Cl2NO3/c13-7-1-2-10(14)9(5-7)11(16)15-8-3-6(4-8)12(17)18/h1-2,5-6,8H,3-4H2,(H,15,16)(H,17,18). The lowest BCUT2D eigenvalue weighted by atomic mass is 9.80. The van der Waals surface area contributed by atoms with Gasteiger partial charge in [-0.15, -0.1) is 0 Å². The number of benzene rings is 1. The Balaban J connectivity index is 1.97. The molecule has 2 N–H and O–H groups in total. The molecule has 0 atom stereocenters. The van der Waals surface area contributed by atoms with Crippen LogP contribution in [0.25, 0.3) is 0 Å². The molecule has 96 valence electrons. The molecule has 1 saturated carbocycles. The van der Waals surface area contributed by atoms with Gasteiger partial charge in [-0.1, -0.05) is 23.2 Å². The Hall–Kier alpha value is -1.26. The molecule has 0 heterocycles. The van der Waals surface area contributed by atoms with Crippen LogP contribution in [0.15, 0.2) is 18.2 Å². The number of carbonyl (C=O) groups excluding carboxylic acids is 1. The number of carboxylic acid groups (broad SMARTS) is 1. The molecule has 4 nitrogen and oxygen atoms in total. The maximum absolute atomic E-state index is 11.9. The van der Waals surface area contributed by atoms with Crippen molar-refractivity contribution in [1.29, 1.82) is 0 Å². The molecule has 0 radical (unpaired) electrons. The first-order valence-electron chi connectivity index (χ1n) is 5.46. The topological polar surface area (TPSA) is 66.4 Å². The van der Waals surface area contributed by atoms with Gasteiger partial charge in [-0.3, -0.25) is 9.59 Å². The molecule has 0 saturated heterocycles. The smallest absolute Gasteiger partial charge is 0.306 e. The first-order chi connectivity index (χ1) is 8.47. The summed E-state index contributed by atoms with van der Waals surface area (Å²) in [6, 6.07) is 4.55. The lowest BCUT2D eigenvalue weighted by Crippen LogP contribution is -2.46. The molecule has 1 aromatic rings. The van der Waals surface area contributed by atoms with Gasteiger partial charge in [-0.2, -0.15) is 0 Å². The second kappa shape index (κ2) is 5.16. The molecule has 0 aliphatic heterocycles. The van der Waals surface area contributed by atoms with Gasteiger partial charge in [0.25, 0.3) is 5.91 Å². The minimum absolute atomic E-state index is 0.103. The van der Waals surface area contributed by atoms with E-state index in [-0.39, 0.29) is 17.9 Å². The lowest BCUT2D eigenvalue weighted by Gasteiger charge is -2.32. The van der Waals surface area contributed by atoms with Crippen LogP contribution in [-0.4, -0.2) is 23.0 Å². The molecular formula is C12H11Cl2NO3. The molecule has 0 spiro atoms. The van der Waals surface area contributed by atoms with Crippen LogP contribution in [0.5, 0.6) is 0 Å². The zero-order valence-corrected chi connectivity index (χ0v) is 10.8. The van der Waals surface area contributed by atoms with E-state index in [1.807, 2.05) is 0 Å². The highest BCUT2D eigenvalue weighted by Crippen LogP contribution is 2.28. The highest BCUT2D eigenvalue weighted by molar-refractivity contribution is 6.35. The third kappa shape index (κ3) is 2.76. The number of carbonyl (C=O) groups is 2. The highest BCUT2D eigenvalue weighted by Gasteiger charge is 2.35. The maximum atomic E-state index is 11.9. The first-order valence-corrected chi connectivity index (χ1v) is 6.21. The zero-order valence-electron chi connectivity index (χ0n) is 9.32. The predicted molar refractivity (Wildman–Crippen MR) is 68.1 cm³/mol. The number of aliphatic carboxylic acids is 1. The van der Waals surface area contributed by atoms with E-state index < -0.39 is 5.97 Å². The van der Waals surface area contributed by atoms with Crippen molar-refractivity contribution in [3.05, 3.63) is 33.8 Å². The predicted octanol–water partition coefficient (Wildman–Crippen LogP) is 2.59. The van der Waals surface area contributed by atoms with Gasteiger partial charge >= 0.3 is 5.97 Å². The average molecular weight is 288 g/mol. The van der Waals surface area contributed by atoms with Crippen LogP contribution < -0.4 is 5.32 Å². The molecule has 1 amide bonds. The number of hydrogen-bond donors (Lipinski definition) is 2. The molecule has 0 bridgehead atoms. The normalized spacial score (nSPS) is 22.1. The van der Waals surface area contributed by atoms with Gasteiger partial charge in [0.1, 0.15) is 0 Å². The third-order valence-corrected chi connectivity index (χ3v) is 3.56. The lowest BCUT2D eigenvalue weighted by molar-refractivity contribution is -0.145. The van der Waals surface area contributed by atoms with Gasteiger partial charge in [0.05, 0.1) is 16.5 Å². The number of halogens is 2. The summed E-state index contributed by atoms with van der Waals surface area (Å²) in [6.07, 6.45) is 0.915. The van der Waals surface area contributed by atoms with E-state index >= 15 is 0 Å². The summed E-state index contributed by atoms with van der Waals surface area (Å²) < 4.78 is 0. The van der Waals surface area contributed by atoms with Crippen LogP contribution in [-0.2, 0) is 4.79 Å². The second-order valence-electron chi connectivity index (χ2n) is 4.30. The fourth-order valence-corrected chi connectivity index (χ4v) is 2.25. The van der Waals surface area contributed by atoms with Crippen molar-refractivity contribution in [3.63, 3.8) is 0 Å². The van der Waals surface area contributed by atoms with E-state index in [1.54, 1.807) is 12.1 Å². The van der Waals surface area contributed by atoms with Crippen molar-refractivity contribution >= 4 is 35.1 Å². The van der Waals surface area contributed by atoms with Crippen molar-refractivity contribution in [1.82, 2.24) is 5.32 Å². The Kier molecular flexibility index (Phi) is 3.78. The molecule has 0 unspecified atom stereocenters. The monoisotopic (exact) mass is 287 g/mol. The summed E-state index contributed by atoms with van der Waals surface area (Å²) in [5.74, 6) is -1.50. The van der Waals surface area contributed by atoms with Crippen molar-refractivity contribution in [3.8, 4) is 0 Å². The third-order valence-electron chi connectivity index (χ3n) is 3.00. The summed E-state index contributed by atoms with van der Waals surface area (Å²) in [5, 5.41) is 12.2. The van der Waals surface area contributed by atoms with Gasteiger partial charge in [0.15, 0.2) is 0 Å². The Labute approximate surface area is 114 Å². The summed E-state index contributed by atoms with van der Waals surface area (Å²) in [5.41, 5.74) is 0.308. The maximum Gasteiger partial charge on any atom is 0.306 e. The molecule has 6 heteroatoms. The quantitative estimate of drug-likeness (QED) is 0.898. The van der Waals surface area contributed by atoms with E-state index in [2.05, 4.69) is 5.32 Å². The van der Waals surface area contributed by atoms with E-state index in [1.165, 1.54) is 6.07 Å². The fraction of sp³-hybridized carbons (Fsp3) is 0.333. The molecule has 1 fully saturated rings. The number of hydrogen-bond acceptors (Lipinski definition) is 2. The number of rotatable bonds is 3. The van der Waals surface area contributed by atoms with Gasteiger partial charge in [-0.05, 0) is 31.0 Å². The molecule has 0 aromatic heterocycles. The van der Waals surface area contributed by atoms with E-state index in [0.29, 0.717) is 28.5 Å².